The summed E-state index contributed by atoms with van der Waals surface area (Å²) in [7, 11) is 0. The van der Waals surface area contributed by atoms with Crippen molar-refractivity contribution in [1.82, 2.24) is 0 Å². The molecule has 0 aromatic carbocycles. The molecule has 0 unspecified atom stereocenters. The number of allylic oxidation sites excluding steroid dienone is 4. The van der Waals surface area contributed by atoms with Crippen molar-refractivity contribution < 1.29 is 14.6 Å². The van der Waals surface area contributed by atoms with Gasteiger partial charge < -0.3 is 9.84 Å². The zero-order valence-electron chi connectivity index (χ0n) is 14.8. The lowest BCUT2D eigenvalue weighted by Crippen LogP contribution is -2.41. The van der Waals surface area contributed by atoms with E-state index in [-0.39, 0.29) is 11.2 Å². The van der Waals surface area contributed by atoms with Crippen LogP contribution in [0.5, 0.6) is 0 Å². The van der Waals surface area contributed by atoms with Gasteiger partial charge in [-0.1, -0.05) is 26.3 Å². The van der Waals surface area contributed by atoms with Crippen LogP contribution in [0.3, 0.4) is 0 Å². The molecule has 1 aliphatic heterocycles. The molecule has 3 aliphatic carbocycles. The van der Waals surface area contributed by atoms with Crippen LogP contribution < -0.4 is 0 Å². The molecule has 0 saturated heterocycles. The zero-order valence-corrected chi connectivity index (χ0v) is 14.8. The fourth-order valence-electron chi connectivity index (χ4n) is 4.85. The fraction of sp³-hybridized carbons (Fsp3) is 0.571. The van der Waals surface area contributed by atoms with Crippen molar-refractivity contribution in [1.29, 1.82) is 0 Å². The lowest BCUT2D eigenvalue weighted by molar-refractivity contribution is -0.139. The molecule has 4 rings (SSSR count). The third-order valence-electron chi connectivity index (χ3n) is 6.32. The molecule has 0 fully saturated rings. The van der Waals surface area contributed by atoms with Gasteiger partial charge in [-0.15, -0.1) is 0 Å². The molecule has 4 aliphatic rings. The Morgan fingerprint density at radius 3 is 2.88 bits per heavy atom. The highest BCUT2D eigenvalue weighted by molar-refractivity contribution is 6.02. The van der Waals surface area contributed by atoms with E-state index in [1.165, 1.54) is 35.3 Å². The van der Waals surface area contributed by atoms with Gasteiger partial charge >= 0.3 is 0 Å². The number of ketones is 1. The Morgan fingerprint density at radius 2 is 2.08 bits per heavy atom. The lowest BCUT2D eigenvalue weighted by Gasteiger charge is -2.41. The molecule has 0 radical (unpaired) electrons. The third kappa shape index (κ3) is 2.29. The highest BCUT2D eigenvalue weighted by atomic mass is 16.6. The minimum atomic E-state index is -1.45. The van der Waals surface area contributed by atoms with Crippen LogP contribution in [0.4, 0.5) is 0 Å². The van der Waals surface area contributed by atoms with Gasteiger partial charge in [-0.25, -0.2) is 0 Å². The molecular formula is C21H26O3. The van der Waals surface area contributed by atoms with Crippen LogP contribution in [0, 0.1) is 11.3 Å². The van der Waals surface area contributed by atoms with Gasteiger partial charge in [0.2, 0.25) is 5.79 Å². The standard InChI is InChI=1S/C21H26O3/c1-13-6-7-17-15(5-4-9-20(17,2)3)19-16(13)12-24-21(23)10-8-14(22)11-18(19)21/h8,10-11,13,23H,4-7,9,12H2,1-3H3/t13-,21+/m1/s1. The highest BCUT2D eigenvalue weighted by Gasteiger charge is 2.44. The maximum Gasteiger partial charge on any atom is 0.214 e. The number of ether oxygens (including phenoxy) is 1. The summed E-state index contributed by atoms with van der Waals surface area (Å²) in [5.74, 6) is -1.11. The zero-order chi connectivity index (χ0) is 17.1. The van der Waals surface area contributed by atoms with Crippen molar-refractivity contribution in [2.24, 2.45) is 11.3 Å². The van der Waals surface area contributed by atoms with Gasteiger partial charge in [-0.3, -0.25) is 4.79 Å². The Morgan fingerprint density at radius 1 is 1.29 bits per heavy atom. The Kier molecular flexibility index (Phi) is 3.52. The molecule has 1 N–H and O–H groups in total. The first-order valence-electron chi connectivity index (χ1n) is 9.10. The van der Waals surface area contributed by atoms with Crippen molar-refractivity contribution in [2.75, 3.05) is 6.61 Å². The first-order chi connectivity index (χ1) is 11.3. The molecule has 128 valence electrons. The molecule has 3 heteroatoms. The molecule has 24 heavy (non-hydrogen) atoms. The highest BCUT2D eigenvalue weighted by Crippen LogP contribution is 2.52. The van der Waals surface area contributed by atoms with Crippen molar-refractivity contribution in [3.63, 3.8) is 0 Å². The van der Waals surface area contributed by atoms with E-state index in [2.05, 4.69) is 20.8 Å². The van der Waals surface area contributed by atoms with Gasteiger partial charge in [0.15, 0.2) is 5.78 Å². The summed E-state index contributed by atoms with van der Waals surface area (Å²) < 4.78 is 5.81. The summed E-state index contributed by atoms with van der Waals surface area (Å²) in [5, 5.41) is 11.0. The van der Waals surface area contributed by atoms with Crippen LogP contribution in [0.15, 0.2) is 46.1 Å². The van der Waals surface area contributed by atoms with Crippen LogP contribution >= 0.6 is 0 Å². The molecule has 1 heterocycles. The Labute approximate surface area is 143 Å². The van der Waals surface area contributed by atoms with E-state index < -0.39 is 5.79 Å². The smallest absolute Gasteiger partial charge is 0.214 e. The van der Waals surface area contributed by atoms with Gasteiger partial charge in [0.25, 0.3) is 0 Å². The van der Waals surface area contributed by atoms with E-state index in [9.17, 15) is 9.90 Å². The topological polar surface area (TPSA) is 46.5 Å². The van der Waals surface area contributed by atoms with E-state index in [1.54, 1.807) is 6.08 Å². The largest absolute Gasteiger partial charge is 0.359 e. The van der Waals surface area contributed by atoms with E-state index in [0.717, 1.165) is 31.3 Å². The first kappa shape index (κ1) is 16.0. The predicted octanol–water partition coefficient (Wildman–Crippen LogP) is 4.00. The third-order valence-corrected chi connectivity index (χ3v) is 6.32. The van der Waals surface area contributed by atoms with Crippen LogP contribution in [-0.4, -0.2) is 23.3 Å². The lowest BCUT2D eigenvalue weighted by atomic mass is 9.68. The summed E-state index contributed by atoms with van der Waals surface area (Å²) in [6, 6.07) is 0. The normalized spacial score (nSPS) is 35.1. The van der Waals surface area contributed by atoms with E-state index in [4.69, 9.17) is 4.74 Å². The monoisotopic (exact) mass is 326 g/mol. The molecule has 0 spiro atoms. The number of hydrogen-bond donors (Lipinski definition) is 1. The number of rotatable bonds is 0. The molecule has 3 nitrogen and oxygen atoms in total. The molecule has 0 saturated carbocycles. The van der Waals surface area contributed by atoms with Crippen LogP contribution in [0.25, 0.3) is 0 Å². The quantitative estimate of drug-likeness (QED) is 0.732. The van der Waals surface area contributed by atoms with Crippen LogP contribution in [0.1, 0.15) is 52.9 Å². The summed E-state index contributed by atoms with van der Waals surface area (Å²) >= 11 is 0. The second-order valence-electron chi connectivity index (χ2n) is 8.31. The number of carbonyl (C=O) groups excluding carboxylic acids is 1. The maximum absolute atomic E-state index is 12.0. The Bertz CT molecular complexity index is 732. The van der Waals surface area contributed by atoms with Crippen molar-refractivity contribution in [2.45, 2.75) is 58.7 Å². The molecular weight excluding hydrogens is 300 g/mol. The Hall–Kier alpha value is -1.45. The summed E-state index contributed by atoms with van der Waals surface area (Å²) in [6.07, 6.45) is 10.1. The van der Waals surface area contributed by atoms with E-state index in [1.807, 2.05) is 0 Å². The second kappa shape index (κ2) is 5.27. The first-order valence-corrected chi connectivity index (χ1v) is 9.10. The van der Waals surface area contributed by atoms with Crippen LogP contribution in [-0.2, 0) is 9.53 Å². The number of carbonyl (C=O) groups is 1. The molecule has 2 atom stereocenters. The maximum atomic E-state index is 12.0. The fourth-order valence-corrected chi connectivity index (χ4v) is 4.85. The number of aliphatic hydroxyl groups is 1. The Balaban J connectivity index is 1.96. The average Bonchev–Trinajstić information content (AvgIpc) is 2.66. The average molecular weight is 326 g/mol. The van der Waals surface area contributed by atoms with E-state index >= 15 is 0 Å². The van der Waals surface area contributed by atoms with Crippen molar-refractivity contribution in [3.05, 3.63) is 46.1 Å². The number of fused-ring (bicyclic) bond motifs is 3. The van der Waals surface area contributed by atoms with Gasteiger partial charge in [-0.05, 0) is 78.4 Å². The summed E-state index contributed by atoms with van der Waals surface area (Å²) in [5.41, 5.74) is 6.15. The predicted molar refractivity (Wildman–Crippen MR) is 93.2 cm³/mol. The summed E-state index contributed by atoms with van der Waals surface area (Å²) in [6.45, 7) is 7.36. The molecule has 0 aromatic rings. The summed E-state index contributed by atoms with van der Waals surface area (Å²) in [4.78, 5) is 12.0. The minimum absolute atomic E-state index is 0.0684. The second-order valence-corrected chi connectivity index (χ2v) is 8.31. The molecule has 0 amide bonds. The number of hydrogen-bond acceptors (Lipinski definition) is 3. The SMILES string of the molecule is C[C@@H]1CCC2=C(CCCC2(C)C)C2=C1CO[C@@]1(O)C=CC(=O)C=C21. The van der Waals surface area contributed by atoms with Crippen molar-refractivity contribution in [3.8, 4) is 0 Å². The van der Waals surface area contributed by atoms with Gasteiger partial charge in [0.05, 0.1) is 6.61 Å². The van der Waals surface area contributed by atoms with Gasteiger partial charge in [0.1, 0.15) is 0 Å². The van der Waals surface area contributed by atoms with Gasteiger partial charge in [0, 0.05) is 5.57 Å². The minimum Gasteiger partial charge on any atom is -0.359 e. The molecule has 0 bridgehead atoms. The van der Waals surface area contributed by atoms with Crippen LogP contribution in [0.2, 0.25) is 0 Å². The van der Waals surface area contributed by atoms with E-state index in [0.29, 0.717) is 18.1 Å². The van der Waals surface area contributed by atoms with Crippen molar-refractivity contribution >= 4 is 5.78 Å². The molecule has 0 aromatic heterocycles. The van der Waals surface area contributed by atoms with Gasteiger partial charge in [-0.2, -0.15) is 0 Å².